The van der Waals surface area contributed by atoms with Crippen LogP contribution in [-0.2, 0) is 16.4 Å². The van der Waals surface area contributed by atoms with Crippen molar-refractivity contribution in [1.29, 1.82) is 0 Å². The summed E-state index contributed by atoms with van der Waals surface area (Å²) >= 11 is 0. The van der Waals surface area contributed by atoms with E-state index in [1.807, 2.05) is 0 Å². The quantitative estimate of drug-likeness (QED) is 0.504. The van der Waals surface area contributed by atoms with Crippen molar-refractivity contribution in [2.45, 2.75) is 6.42 Å². The molecule has 0 aliphatic carbocycles. The predicted octanol–water partition coefficient (Wildman–Crippen LogP) is -0.583. The summed E-state index contributed by atoms with van der Waals surface area (Å²) in [4.78, 5) is 5.59. The summed E-state index contributed by atoms with van der Waals surface area (Å²) in [5, 5.41) is 0. The largest absolute Gasteiger partial charge is 0.265 e. The van der Waals surface area contributed by atoms with Crippen molar-refractivity contribution >= 4 is 10.0 Å². The lowest BCUT2D eigenvalue weighted by Gasteiger charge is -2.01. The van der Waals surface area contributed by atoms with Gasteiger partial charge in [-0.25, -0.2) is 8.42 Å². The molecule has 0 saturated carbocycles. The Morgan fingerprint density at radius 3 is 2.54 bits per heavy atom. The number of nitrogens with zero attached hydrogens (tertiary/aromatic N) is 1. The van der Waals surface area contributed by atoms with Gasteiger partial charge in [0.05, 0.1) is 5.75 Å². The fraction of sp³-hybridized carbons (Fsp3) is 0.286. The highest BCUT2D eigenvalue weighted by Gasteiger charge is 2.06. The highest BCUT2D eigenvalue weighted by atomic mass is 32.2. The fourth-order valence-electron chi connectivity index (χ4n) is 0.861. The molecule has 1 rings (SSSR count). The number of nitrogens with one attached hydrogen (secondary N) is 1. The van der Waals surface area contributed by atoms with Crippen molar-refractivity contribution < 1.29 is 8.42 Å². The minimum Gasteiger partial charge on any atom is -0.265 e. The molecule has 0 amide bonds. The molecule has 0 aromatic carbocycles. The minimum absolute atomic E-state index is 0.00644. The van der Waals surface area contributed by atoms with Gasteiger partial charge in [-0.15, -0.1) is 0 Å². The Balaban J connectivity index is 2.54. The van der Waals surface area contributed by atoms with Crippen LogP contribution in [0.3, 0.4) is 0 Å². The van der Waals surface area contributed by atoms with E-state index in [2.05, 4.69) is 4.98 Å². The van der Waals surface area contributed by atoms with Crippen molar-refractivity contribution in [3.8, 4) is 0 Å². The van der Waals surface area contributed by atoms with Gasteiger partial charge < -0.3 is 0 Å². The number of aromatic nitrogens is 1. The topological polar surface area (TPSA) is 85.1 Å². The van der Waals surface area contributed by atoms with E-state index in [9.17, 15) is 8.42 Å². The Labute approximate surface area is 77.0 Å². The smallest absolute Gasteiger partial charge is 0.224 e. The van der Waals surface area contributed by atoms with E-state index in [-0.39, 0.29) is 5.75 Å². The van der Waals surface area contributed by atoms with Gasteiger partial charge in [0.2, 0.25) is 10.0 Å². The Bertz CT molecular complexity index is 349. The Morgan fingerprint density at radius 2 is 2.00 bits per heavy atom. The van der Waals surface area contributed by atoms with Crippen LogP contribution in [0.2, 0.25) is 0 Å². The molecular formula is C7H11N3O2S. The zero-order valence-corrected chi connectivity index (χ0v) is 7.79. The van der Waals surface area contributed by atoms with Crippen LogP contribution in [-0.4, -0.2) is 19.2 Å². The van der Waals surface area contributed by atoms with E-state index in [1.165, 1.54) is 0 Å². The van der Waals surface area contributed by atoms with Gasteiger partial charge in [-0.2, -0.15) is 4.83 Å². The standard InChI is InChI=1S/C7H11N3O2S/c8-10-13(11,12)6-3-7-1-4-9-5-2-7/h1-2,4-5,10H,3,6,8H2. The molecule has 13 heavy (non-hydrogen) atoms. The molecular weight excluding hydrogens is 190 g/mol. The lowest BCUT2D eigenvalue weighted by atomic mass is 10.2. The summed E-state index contributed by atoms with van der Waals surface area (Å²) in [7, 11) is -3.31. The lowest BCUT2D eigenvalue weighted by molar-refractivity contribution is 0.583. The average molecular weight is 201 g/mol. The maximum absolute atomic E-state index is 10.9. The number of aryl methyl sites for hydroxylation is 1. The second-order valence-corrected chi connectivity index (χ2v) is 4.42. The predicted molar refractivity (Wildman–Crippen MR) is 49.1 cm³/mol. The number of hydrogen-bond acceptors (Lipinski definition) is 4. The molecule has 6 heteroatoms. The zero-order valence-electron chi connectivity index (χ0n) is 6.97. The molecule has 0 radical (unpaired) electrons. The first-order valence-electron chi connectivity index (χ1n) is 3.73. The van der Waals surface area contributed by atoms with E-state index < -0.39 is 10.0 Å². The molecule has 3 N–H and O–H groups in total. The third kappa shape index (κ3) is 3.49. The van der Waals surface area contributed by atoms with E-state index in [0.29, 0.717) is 6.42 Å². The van der Waals surface area contributed by atoms with Crippen LogP contribution in [0.25, 0.3) is 0 Å². The van der Waals surface area contributed by atoms with Gasteiger partial charge in [0, 0.05) is 12.4 Å². The monoisotopic (exact) mass is 201 g/mol. The number of sulfonamides is 1. The molecule has 0 fully saturated rings. The van der Waals surface area contributed by atoms with Crippen molar-refractivity contribution in [3.05, 3.63) is 30.1 Å². The van der Waals surface area contributed by atoms with Crippen molar-refractivity contribution in [2.24, 2.45) is 5.84 Å². The highest BCUT2D eigenvalue weighted by molar-refractivity contribution is 7.89. The maximum atomic E-state index is 10.9. The SMILES string of the molecule is NNS(=O)(=O)CCc1ccncc1. The van der Waals surface area contributed by atoms with Crippen LogP contribution >= 0.6 is 0 Å². The number of hydrogen-bond donors (Lipinski definition) is 2. The zero-order chi connectivity index (χ0) is 9.73. The van der Waals surface area contributed by atoms with E-state index in [1.54, 1.807) is 29.4 Å². The second-order valence-electron chi connectivity index (χ2n) is 2.54. The van der Waals surface area contributed by atoms with E-state index in [0.717, 1.165) is 5.56 Å². The number of hydrazine groups is 1. The minimum atomic E-state index is -3.31. The molecule has 0 atom stereocenters. The molecule has 0 bridgehead atoms. The van der Waals surface area contributed by atoms with Crippen LogP contribution in [0.1, 0.15) is 5.56 Å². The molecule has 1 heterocycles. The van der Waals surface area contributed by atoms with E-state index in [4.69, 9.17) is 5.84 Å². The molecule has 0 saturated heterocycles. The summed E-state index contributed by atoms with van der Waals surface area (Å²) in [6, 6.07) is 3.54. The molecule has 0 aliphatic heterocycles. The molecule has 0 spiro atoms. The summed E-state index contributed by atoms with van der Waals surface area (Å²) in [5.41, 5.74) is 0.925. The molecule has 1 aromatic heterocycles. The Hall–Kier alpha value is -0.980. The normalized spacial score (nSPS) is 11.5. The number of nitrogens with two attached hydrogens (primary N) is 1. The summed E-state index contributed by atoms with van der Waals surface area (Å²) in [5.74, 6) is 4.81. The molecule has 0 aliphatic rings. The lowest BCUT2D eigenvalue weighted by Crippen LogP contribution is -2.33. The van der Waals surface area contributed by atoms with Crippen molar-refractivity contribution in [1.82, 2.24) is 9.82 Å². The van der Waals surface area contributed by atoms with Gasteiger partial charge in [-0.1, -0.05) is 0 Å². The molecule has 0 unspecified atom stereocenters. The molecule has 1 aromatic rings. The summed E-state index contributed by atoms with van der Waals surface area (Å²) < 4.78 is 21.8. The summed E-state index contributed by atoms with van der Waals surface area (Å²) in [6.07, 6.45) is 3.69. The van der Waals surface area contributed by atoms with Gasteiger partial charge in [0.15, 0.2) is 0 Å². The van der Waals surface area contributed by atoms with Gasteiger partial charge in [0.1, 0.15) is 0 Å². The first-order chi connectivity index (χ1) is 6.14. The molecule has 72 valence electrons. The Morgan fingerprint density at radius 1 is 1.38 bits per heavy atom. The molecule has 5 nitrogen and oxygen atoms in total. The van der Waals surface area contributed by atoms with Crippen LogP contribution in [0.15, 0.2) is 24.5 Å². The first kappa shape index (κ1) is 10.1. The van der Waals surface area contributed by atoms with Gasteiger partial charge in [0.25, 0.3) is 0 Å². The third-order valence-corrected chi connectivity index (χ3v) is 2.69. The van der Waals surface area contributed by atoms with Crippen LogP contribution < -0.4 is 10.7 Å². The highest BCUT2D eigenvalue weighted by Crippen LogP contribution is 1.98. The van der Waals surface area contributed by atoms with Crippen molar-refractivity contribution in [3.63, 3.8) is 0 Å². The maximum Gasteiger partial charge on any atom is 0.224 e. The second kappa shape index (κ2) is 4.31. The van der Waals surface area contributed by atoms with Gasteiger partial charge in [-0.3, -0.25) is 10.8 Å². The fourth-order valence-corrected chi connectivity index (χ4v) is 1.48. The third-order valence-electron chi connectivity index (χ3n) is 1.59. The van der Waals surface area contributed by atoms with Crippen LogP contribution in [0, 0.1) is 0 Å². The number of rotatable bonds is 4. The average Bonchev–Trinajstić information content (AvgIpc) is 2.17. The van der Waals surface area contributed by atoms with Crippen LogP contribution in [0.4, 0.5) is 0 Å². The number of pyridine rings is 1. The summed E-state index contributed by atoms with van der Waals surface area (Å²) in [6.45, 7) is 0. The van der Waals surface area contributed by atoms with Gasteiger partial charge in [-0.05, 0) is 24.1 Å². The van der Waals surface area contributed by atoms with E-state index >= 15 is 0 Å². The Kier molecular flexibility index (Phi) is 3.35. The van der Waals surface area contributed by atoms with Crippen molar-refractivity contribution in [2.75, 3.05) is 5.75 Å². The van der Waals surface area contributed by atoms with Gasteiger partial charge >= 0.3 is 0 Å². The first-order valence-corrected chi connectivity index (χ1v) is 5.38. The van der Waals surface area contributed by atoms with Crippen LogP contribution in [0.5, 0.6) is 0 Å².